The molecule has 0 aliphatic heterocycles. The van der Waals surface area contributed by atoms with Gasteiger partial charge in [-0.2, -0.15) is 0 Å². The van der Waals surface area contributed by atoms with Crippen molar-refractivity contribution in [2.75, 3.05) is 0 Å². The van der Waals surface area contributed by atoms with Crippen LogP contribution in [0, 0.1) is 12.8 Å². The van der Waals surface area contributed by atoms with Crippen LogP contribution in [0.15, 0.2) is 60.0 Å². The number of hydrogen-bond acceptors (Lipinski definition) is 5. The van der Waals surface area contributed by atoms with Gasteiger partial charge in [0.05, 0.1) is 5.69 Å². The molecule has 0 aliphatic carbocycles. The molecule has 0 spiro atoms. The molecule has 6 heteroatoms. The number of esters is 1. The van der Waals surface area contributed by atoms with Crippen molar-refractivity contribution < 1.29 is 14.3 Å². The average Bonchev–Trinajstić information content (AvgIpc) is 3.20. The van der Waals surface area contributed by atoms with Crippen molar-refractivity contribution in [1.82, 2.24) is 10.3 Å². The number of aromatic nitrogens is 1. The summed E-state index contributed by atoms with van der Waals surface area (Å²) in [5.41, 5.74) is 3.30. The van der Waals surface area contributed by atoms with Gasteiger partial charge in [0, 0.05) is 16.5 Å². The van der Waals surface area contributed by atoms with E-state index in [1.54, 1.807) is 12.1 Å². The lowest BCUT2D eigenvalue weighted by molar-refractivity contribution is -0.148. The van der Waals surface area contributed by atoms with Crippen molar-refractivity contribution in [2.24, 2.45) is 5.92 Å². The van der Waals surface area contributed by atoms with E-state index in [-0.39, 0.29) is 18.4 Å². The van der Waals surface area contributed by atoms with E-state index in [2.05, 4.69) is 10.3 Å². The smallest absolute Gasteiger partial charge is 0.329 e. The fraction of sp³-hybridized carbons (Fsp3) is 0.261. The van der Waals surface area contributed by atoms with Crippen LogP contribution in [0.3, 0.4) is 0 Å². The molecular weight excluding hydrogens is 384 g/mol. The Kier molecular flexibility index (Phi) is 6.77. The zero-order valence-corrected chi connectivity index (χ0v) is 17.5. The number of benzene rings is 2. The number of nitrogens with one attached hydrogen (secondary N) is 1. The fourth-order valence-corrected chi connectivity index (χ4v) is 3.56. The Morgan fingerprint density at radius 2 is 1.76 bits per heavy atom. The van der Waals surface area contributed by atoms with Crippen LogP contribution in [0.2, 0.25) is 0 Å². The van der Waals surface area contributed by atoms with E-state index in [4.69, 9.17) is 4.74 Å². The number of carbonyl (C=O) groups is 2. The first-order valence-electron chi connectivity index (χ1n) is 9.48. The molecule has 1 unspecified atom stereocenters. The number of carbonyl (C=O) groups excluding carboxylic acids is 2. The topological polar surface area (TPSA) is 68.3 Å². The zero-order chi connectivity index (χ0) is 20.8. The lowest BCUT2D eigenvalue weighted by Crippen LogP contribution is -2.45. The SMILES string of the molecule is Cc1ccc(C(=O)NC(C(=O)OCc2csc(-c3ccccc3)n2)C(C)C)cc1. The molecule has 1 atom stereocenters. The van der Waals surface area contributed by atoms with Gasteiger partial charge >= 0.3 is 5.97 Å². The third-order valence-electron chi connectivity index (χ3n) is 4.46. The first-order valence-corrected chi connectivity index (χ1v) is 10.4. The number of hydrogen-bond donors (Lipinski definition) is 1. The Hall–Kier alpha value is -2.99. The number of rotatable bonds is 7. The van der Waals surface area contributed by atoms with E-state index >= 15 is 0 Å². The maximum Gasteiger partial charge on any atom is 0.329 e. The van der Waals surface area contributed by atoms with E-state index in [0.29, 0.717) is 11.3 Å². The summed E-state index contributed by atoms with van der Waals surface area (Å²) in [5, 5.41) is 5.55. The Labute approximate surface area is 174 Å². The molecule has 0 radical (unpaired) electrons. The van der Waals surface area contributed by atoms with Gasteiger partial charge in [-0.3, -0.25) is 4.79 Å². The minimum Gasteiger partial charge on any atom is -0.458 e. The van der Waals surface area contributed by atoms with Gasteiger partial charge in [0.15, 0.2) is 0 Å². The van der Waals surface area contributed by atoms with Gasteiger partial charge < -0.3 is 10.1 Å². The zero-order valence-electron chi connectivity index (χ0n) is 16.7. The second kappa shape index (κ2) is 9.47. The van der Waals surface area contributed by atoms with Crippen LogP contribution in [0.5, 0.6) is 0 Å². The van der Waals surface area contributed by atoms with Crippen LogP contribution in [0.25, 0.3) is 10.6 Å². The van der Waals surface area contributed by atoms with Crippen molar-refractivity contribution in [3.05, 3.63) is 76.8 Å². The minimum absolute atomic E-state index is 0.0752. The van der Waals surface area contributed by atoms with Crippen molar-refractivity contribution in [2.45, 2.75) is 33.4 Å². The molecule has 0 aliphatic rings. The number of ether oxygens (including phenoxy) is 1. The van der Waals surface area contributed by atoms with E-state index in [1.807, 2.05) is 68.6 Å². The molecule has 1 amide bonds. The van der Waals surface area contributed by atoms with E-state index in [9.17, 15) is 9.59 Å². The van der Waals surface area contributed by atoms with Gasteiger partial charge in [0.25, 0.3) is 5.91 Å². The summed E-state index contributed by atoms with van der Waals surface area (Å²) in [7, 11) is 0. The van der Waals surface area contributed by atoms with Crippen LogP contribution < -0.4 is 5.32 Å². The molecule has 1 N–H and O–H groups in total. The van der Waals surface area contributed by atoms with Gasteiger partial charge in [0.1, 0.15) is 17.7 Å². The van der Waals surface area contributed by atoms with Crippen molar-refractivity contribution >= 4 is 23.2 Å². The maximum atomic E-state index is 12.6. The van der Waals surface area contributed by atoms with E-state index < -0.39 is 12.0 Å². The number of thiazole rings is 1. The van der Waals surface area contributed by atoms with Crippen LogP contribution in [-0.2, 0) is 16.1 Å². The molecule has 1 heterocycles. The highest BCUT2D eigenvalue weighted by molar-refractivity contribution is 7.13. The van der Waals surface area contributed by atoms with Gasteiger partial charge in [-0.1, -0.05) is 61.9 Å². The van der Waals surface area contributed by atoms with Crippen LogP contribution >= 0.6 is 11.3 Å². The highest BCUT2D eigenvalue weighted by atomic mass is 32.1. The van der Waals surface area contributed by atoms with Crippen molar-refractivity contribution in [3.63, 3.8) is 0 Å². The number of amides is 1. The first kappa shape index (κ1) is 20.7. The summed E-state index contributed by atoms with van der Waals surface area (Å²) >= 11 is 1.51. The van der Waals surface area contributed by atoms with Gasteiger partial charge in [0.2, 0.25) is 0 Å². The monoisotopic (exact) mass is 408 g/mol. The molecule has 2 aromatic carbocycles. The fourth-order valence-electron chi connectivity index (χ4n) is 2.75. The molecule has 29 heavy (non-hydrogen) atoms. The quantitative estimate of drug-likeness (QED) is 0.580. The van der Waals surface area contributed by atoms with Crippen LogP contribution in [0.1, 0.15) is 35.5 Å². The van der Waals surface area contributed by atoms with Crippen molar-refractivity contribution in [3.8, 4) is 10.6 Å². The standard InChI is InChI=1S/C23H24N2O3S/c1-15(2)20(25-21(26)17-11-9-16(3)10-12-17)23(27)28-13-19-14-29-22(24-19)18-7-5-4-6-8-18/h4-12,14-15,20H,13H2,1-3H3,(H,25,26). The maximum absolute atomic E-state index is 12.6. The Bertz CT molecular complexity index is 965. The average molecular weight is 409 g/mol. The Morgan fingerprint density at radius 1 is 1.07 bits per heavy atom. The highest BCUT2D eigenvalue weighted by Crippen LogP contribution is 2.23. The molecule has 0 bridgehead atoms. The summed E-state index contributed by atoms with van der Waals surface area (Å²) in [6.07, 6.45) is 0. The molecule has 0 saturated heterocycles. The summed E-state index contributed by atoms with van der Waals surface area (Å²) in [6, 6.07) is 16.3. The van der Waals surface area contributed by atoms with Crippen molar-refractivity contribution in [1.29, 1.82) is 0 Å². The van der Waals surface area contributed by atoms with Gasteiger partial charge in [-0.15, -0.1) is 11.3 Å². The molecule has 5 nitrogen and oxygen atoms in total. The molecular formula is C23H24N2O3S. The number of nitrogens with zero attached hydrogens (tertiary/aromatic N) is 1. The van der Waals surface area contributed by atoms with E-state index in [1.165, 1.54) is 11.3 Å². The van der Waals surface area contributed by atoms with E-state index in [0.717, 1.165) is 16.1 Å². The van der Waals surface area contributed by atoms with Gasteiger partial charge in [-0.05, 0) is 25.0 Å². The largest absolute Gasteiger partial charge is 0.458 e. The van der Waals surface area contributed by atoms with Crippen LogP contribution in [0.4, 0.5) is 0 Å². The molecule has 0 fully saturated rings. The third kappa shape index (κ3) is 5.51. The third-order valence-corrected chi connectivity index (χ3v) is 5.40. The molecule has 150 valence electrons. The summed E-state index contributed by atoms with van der Waals surface area (Å²) in [4.78, 5) is 29.6. The lowest BCUT2D eigenvalue weighted by Gasteiger charge is -2.20. The first-order chi connectivity index (χ1) is 13.9. The molecule has 0 saturated carbocycles. The summed E-state index contributed by atoms with van der Waals surface area (Å²) in [6.45, 7) is 5.78. The second-order valence-corrected chi connectivity index (χ2v) is 8.04. The normalized spacial score (nSPS) is 11.9. The van der Waals surface area contributed by atoms with Crippen LogP contribution in [-0.4, -0.2) is 22.9 Å². The lowest BCUT2D eigenvalue weighted by atomic mass is 10.0. The molecule has 3 aromatic rings. The molecule has 3 rings (SSSR count). The minimum atomic E-state index is -0.726. The highest BCUT2D eigenvalue weighted by Gasteiger charge is 2.26. The Balaban J connectivity index is 1.60. The predicted molar refractivity (Wildman–Crippen MR) is 115 cm³/mol. The van der Waals surface area contributed by atoms with Gasteiger partial charge in [-0.25, -0.2) is 9.78 Å². The molecule has 1 aromatic heterocycles. The summed E-state index contributed by atoms with van der Waals surface area (Å²) < 4.78 is 5.45. The number of aryl methyl sites for hydroxylation is 1. The Morgan fingerprint density at radius 3 is 2.41 bits per heavy atom. The second-order valence-electron chi connectivity index (χ2n) is 7.18. The summed E-state index contributed by atoms with van der Waals surface area (Å²) in [5.74, 6) is -0.859. The predicted octanol–water partition coefficient (Wildman–Crippen LogP) is 4.62.